The van der Waals surface area contributed by atoms with Crippen molar-refractivity contribution in [2.24, 2.45) is 0 Å². The van der Waals surface area contributed by atoms with Gasteiger partial charge in [-0.05, 0) is 54.6 Å². The van der Waals surface area contributed by atoms with Crippen molar-refractivity contribution in [3.8, 4) is 28.3 Å². The molecule has 0 saturated heterocycles. The highest BCUT2D eigenvalue weighted by atomic mass is 35.5. The quantitative estimate of drug-likeness (QED) is 0.486. The lowest BCUT2D eigenvalue weighted by Crippen LogP contribution is -2.14. The zero-order valence-electron chi connectivity index (χ0n) is 15.4. The summed E-state index contributed by atoms with van der Waals surface area (Å²) in [6.07, 6.45) is 1.43. The lowest BCUT2D eigenvalue weighted by molar-refractivity contribution is 0.0996. The Balaban J connectivity index is 1.75. The van der Waals surface area contributed by atoms with Gasteiger partial charge in [0, 0.05) is 16.1 Å². The van der Waals surface area contributed by atoms with Crippen LogP contribution in [0.2, 0.25) is 5.02 Å². The number of nitrogens with zero attached hydrogens (tertiary/aromatic N) is 2. The molecule has 2 aromatic carbocycles. The van der Waals surface area contributed by atoms with E-state index in [2.05, 4.69) is 15.3 Å². The molecule has 0 aliphatic heterocycles. The van der Waals surface area contributed by atoms with Crippen molar-refractivity contribution in [2.75, 3.05) is 12.4 Å². The molecule has 4 rings (SSSR count). The van der Waals surface area contributed by atoms with E-state index in [1.807, 2.05) is 42.5 Å². The second-order valence-electron chi connectivity index (χ2n) is 6.13. The summed E-state index contributed by atoms with van der Waals surface area (Å²) >= 11 is 6.00. The first-order valence-corrected chi connectivity index (χ1v) is 9.14. The Hall–Kier alpha value is -3.64. The summed E-state index contributed by atoms with van der Waals surface area (Å²) in [5.41, 5.74) is 3.01. The third kappa shape index (κ3) is 4.28. The second-order valence-corrected chi connectivity index (χ2v) is 6.57. The Morgan fingerprint density at radius 1 is 0.966 bits per heavy atom. The van der Waals surface area contributed by atoms with E-state index in [1.165, 1.54) is 6.26 Å². The topological polar surface area (TPSA) is 77.2 Å². The maximum atomic E-state index is 12.4. The molecular formula is C22H16ClN3O3. The zero-order chi connectivity index (χ0) is 20.2. The predicted molar refractivity (Wildman–Crippen MR) is 111 cm³/mol. The number of rotatable bonds is 5. The monoisotopic (exact) mass is 405 g/mol. The van der Waals surface area contributed by atoms with Gasteiger partial charge in [-0.1, -0.05) is 23.7 Å². The van der Waals surface area contributed by atoms with Gasteiger partial charge in [-0.3, -0.25) is 10.1 Å². The number of aromatic nitrogens is 2. The largest absolute Gasteiger partial charge is 0.497 e. The summed E-state index contributed by atoms with van der Waals surface area (Å²) in [6.45, 7) is 0. The summed E-state index contributed by atoms with van der Waals surface area (Å²) in [4.78, 5) is 21.4. The van der Waals surface area contributed by atoms with Gasteiger partial charge in [-0.2, -0.15) is 0 Å². The van der Waals surface area contributed by atoms with Crippen molar-refractivity contribution in [3.63, 3.8) is 0 Å². The van der Waals surface area contributed by atoms with E-state index >= 15 is 0 Å². The molecule has 2 heterocycles. The van der Waals surface area contributed by atoms with Crippen molar-refractivity contribution in [3.05, 3.63) is 83.8 Å². The third-order valence-electron chi connectivity index (χ3n) is 4.22. The van der Waals surface area contributed by atoms with Gasteiger partial charge in [0.2, 0.25) is 5.95 Å². The molecule has 6 nitrogen and oxygen atoms in total. The Bertz CT molecular complexity index is 1130. The van der Waals surface area contributed by atoms with Crippen LogP contribution in [0.4, 0.5) is 5.95 Å². The number of methoxy groups -OCH3 is 1. The number of furan rings is 1. The first-order valence-electron chi connectivity index (χ1n) is 8.77. The summed E-state index contributed by atoms with van der Waals surface area (Å²) in [5.74, 6) is 0.664. The lowest BCUT2D eigenvalue weighted by atomic mass is 10.1. The molecule has 1 N–H and O–H groups in total. The van der Waals surface area contributed by atoms with Crippen LogP contribution in [0.25, 0.3) is 22.5 Å². The fourth-order valence-electron chi connectivity index (χ4n) is 2.75. The van der Waals surface area contributed by atoms with Crippen LogP contribution in [-0.2, 0) is 0 Å². The van der Waals surface area contributed by atoms with Crippen molar-refractivity contribution in [2.45, 2.75) is 0 Å². The highest BCUT2D eigenvalue weighted by Gasteiger charge is 2.14. The highest BCUT2D eigenvalue weighted by molar-refractivity contribution is 6.30. The third-order valence-corrected chi connectivity index (χ3v) is 4.47. The minimum Gasteiger partial charge on any atom is -0.497 e. The van der Waals surface area contributed by atoms with Crippen LogP contribution in [0.15, 0.2) is 77.4 Å². The van der Waals surface area contributed by atoms with Crippen LogP contribution in [0.3, 0.4) is 0 Å². The summed E-state index contributed by atoms with van der Waals surface area (Å²) in [6, 6.07) is 19.8. The Morgan fingerprint density at radius 3 is 2.14 bits per heavy atom. The molecule has 4 aromatic rings. The smallest absolute Gasteiger partial charge is 0.293 e. The standard InChI is InChI=1S/C22H16ClN3O3/c1-28-17-10-6-15(7-11-17)19-13-18(14-4-8-16(23)9-5-14)24-22(25-19)26-21(27)20-3-2-12-29-20/h2-13H,1H3,(H,24,25,26,27). The first kappa shape index (κ1) is 18.7. The minimum atomic E-state index is -0.427. The molecule has 0 saturated carbocycles. The molecule has 7 heteroatoms. The maximum absolute atomic E-state index is 12.4. The molecule has 29 heavy (non-hydrogen) atoms. The van der Waals surface area contributed by atoms with E-state index in [-0.39, 0.29) is 11.7 Å². The number of hydrogen-bond donors (Lipinski definition) is 1. The molecule has 0 bridgehead atoms. The van der Waals surface area contributed by atoms with Crippen molar-refractivity contribution >= 4 is 23.5 Å². The fraction of sp³-hybridized carbons (Fsp3) is 0.0455. The van der Waals surface area contributed by atoms with Gasteiger partial charge in [-0.15, -0.1) is 0 Å². The number of nitrogens with one attached hydrogen (secondary N) is 1. The van der Waals surface area contributed by atoms with Crippen LogP contribution >= 0.6 is 11.6 Å². The molecule has 144 valence electrons. The average molecular weight is 406 g/mol. The molecule has 0 aliphatic rings. The predicted octanol–water partition coefficient (Wildman–Crippen LogP) is 5.32. The van der Waals surface area contributed by atoms with E-state index in [1.54, 1.807) is 31.4 Å². The van der Waals surface area contributed by atoms with Crippen molar-refractivity contribution < 1.29 is 13.9 Å². The Kier molecular flexibility index (Phi) is 5.27. The van der Waals surface area contributed by atoms with E-state index in [0.717, 1.165) is 16.9 Å². The fourth-order valence-corrected chi connectivity index (χ4v) is 2.88. The number of anilines is 1. The van der Waals surface area contributed by atoms with Gasteiger partial charge in [0.25, 0.3) is 5.91 Å². The number of benzene rings is 2. The normalized spacial score (nSPS) is 10.6. The summed E-state index contributed by atoms with van der Waals surface area (Å²) < 4.78 is 10.4. The van der Waals surface area contributed by atoms with Crippen LogP contribution in [0.1, 0.15) is 10.6 Å². The van der Waals surface area contributed by atoms with Crippen LogP contribution in [0.5, 0.6) is 5.75 Å². The SMILES string of the molecule is COc1ccc(-c2cc(-c3ccc(Cl)cc3)nc(NC(=O)c3ccco3)n2)cc1. The molecule has 1 amide bonds. The molecule has 0 atom stereocenters. The van der Waals surface area contributed by atoms with E-state index in [9.17, 15) is 4.79 Å². The maximum Gasteiger partial charge on any atom is 0.293 e. The Morgan fingerprint density at radius 2 is 1.59 bits per heavy atom. The number of carbonyl (C=O) groups excluding carboxylic acids is 1. The van der Waals surface area contributed by atoms with Crippen molar-refractivity contribution in [1.82, 2.24) is 9.97 Å². The van der Waals surface area contributed by atoms with Gasteiger partial charge in [0.15, 0.2) is 5.76 Å². The van der Waals surface area contributed by atoms with Crippen molar-refractivity contribution in [1.29, 1.82) is 0 Å². The average Bonchev–Trinajstić information content (AvgIpc) is 3.29. The van der Waals surface area contributed by atoms with E-state index < -0.39 is 5.91 Å². The number of halogens is 1. The second kappa shape index (κ2) is 8.16. The molecule has 0 aliphatic carbocycles. The molecular weight excluding hydrogens is 390 g/mol. The molecule has 0 spiro atoms. The van der Waals surface area contributed by atoms with E-state index in [4.69, 9.17) is 20.8 Å². The van der Waals surface area contributed by atoms with Gasteiger partial charge in [0.1, 0.15) is 5.75 Å². The molecule has 2 aromatic heterocycles. The number of hydrogen-bond acceptors (Lipinski definition) is 5. The van der Waals surface area contributed by atoms with Gasteiger partial charge >= 0.3 is 0 Å². The number of carbonyl (C=O) groups is 1. The summed E-state index contributed by atoms with van der Waals surface area (Å²) in [7, 11) is 1.61. The van der Waals surface area contributed by atoms with Gasteiger partial charge in [-0.25, -0.2) is 9.97 Å². The van der Waals surface area contributed by atoms with E-state index in [0.29, 0.717) is 16.4 Å². The van der Waals surface area contributed by atoms with Gasteiger partial charge in [0.05, 0.1) is 24.8 Å². The summed E-state index contributed by atoms with van der Waals surface area (Å²) in [5, 5.41) is 3.32. The molecule has 0 radical (unpaired) electrons. The van der Waals surface area contributed by atoms with Gasteiger partial charge < -0.3 is 9.15 Å². The highest BCUT2D eigenvalue weighted by Crippen LogP contribution is 2.27. The van der Waals surface area contributed by atoms with Crippen LogP contribution in [-0.4, -0.2) is 23.0 Å². The minimum absolute atomic E-state index is 0.171. The van der Waals surface area contributed by atoms with Crippen LogP contribution < -0.4 is 10.1 Å². The zero-order valence-corrected chi connectivity index (χ0v) is 16.2. The molecule has 0 unspecified atom stereocenters. The number of ether oxygens (including phenoxy) is 1. The van der Waals surface area contributed by atoms with Crippen LogP contribution in [0, 0.1) is 0 Å². The lowest BCUT2D eigenvalue weighted by Gasteiger charge is -2.10. The number of amides is 1. The Labute approximate surface area is 172 Å². The first-order chi connectivity index (χ1) is 14.1. The molecule has 0 fully saturated rings.